The predicted molar refractivity (Wildman–Crippen MR) is 101 cm³/mol. The van der Waals surface area contributed by atoms with Crippen molar-refractivity contribution < 1.29 is 14.4 Å². The average molecular weight is 380 g/mol. The fourth-order valence-electron chi connectivity index (χ4n) is 3.28. The Morgan fingerprint density at radius 3 is 2.65 bits per heavy atom. The summed E-state index contributed by atoms with van der Waals surface area (Å²) in [6, 6.07) is 7.28. The van der Waals surface area contributed by atoms with Gasteiger partial charge in [-0.3, -0.25) is 9.59 Å². The van der Waals surface area contributed by atoms with E-state index in [4.69, 9.17) is 11.6 Å². The first kappa shape index (κ1) is 20.4. The molecule has 0 bridgehead atoms. The van der Waals surface area contributed by atoms with Crippen LogP contribution >= 0.6 is 11.6 Å². The zero-order valence-corrected chi connectivity index (χ0v) is 15.9. The van der Waals surface area contributed by atoms with Crippen LogP contribution in [0.3, 0.4) is 0 Å². The Hall–Kier alpha value is -1.92. The molecule has 1 heterocycles. The van der Waals surface area contributed by atoms with Gasteiger partial charge in [-0.1, -0.05) is 23.7 Å². The third-order valence-corrected chi connectivity index (χ3v) is 4.81. The van der Waals surface area contributed by atoms with Gasteiger partial charge in [-0.15, -0.1) is 0 Å². The molecule has 0 aliphatic carbocycles. The number of amides is 2. The molecule has 3 atom stereocenters. The van der Waals surface area contributed by atoms with Gasteiger partial charge in [0.15, 0.2) is 0 Å². The minimum Gasteiger partial charge on any atom is -0.356 e. The molecule has 1 aliphatic heterocycles. The Morgan fingerprint density at radius 2 is 2.08 bits per heavy atom. The van der Waals surface area contributed by atoms with E-state index in [2.05, 4.69) is 16.0 Å². The molecular weight excluding hydrogens is 354 g/mol. The number of benzene rings is 1. The van der Waals surface area contributed by atoms with Gasteiger partial charge >= 0.3 is 0 Å². The summed E-state index contributed by atoms with van der Waals surface area (Å²) in [6.45, 7) is 4.69. The van der Waals surface area contributed by atoms with E-state index in [1.54, 1.807) is 6.07 Å². The van der Waals surface area contributed by atoms with Crippen molar-refractivity contribution in [1.82, 2.24) is 16.0 Å². The van der Waals surface area contributed by atoms with Gasteiger partial charge in [0.05, 0.1) is 12.0 Å². The highest BCUT2D eigenvalue weighted by atomic mass is 35.5. The Morgan fingerprint density at radius 1 is 1.31 bits per heavy atom. The minimum absolute atomic E-state index is 0.0858. The fraction of sp³-hybridized carbons (Fsp3) is 0.526. The first-order valence-electron chi connectivity index (χ1n) is 8.87. The monoisotopic (exact) mass is 379 g/mol. The lowest BCUT2D eigenvalue weighted by Crippen LogP contribution is -2.42. The number of carbonyl (C=O) groups excluding carboxylic acids is 3. The van der Waals surface area contributed by atoms with Crippen molar-refractivity contribution in [3.05, 3.63) is 34.9 Å². The van der Waals surface area contributed by atoms with E-state index in [0.29, 0.717) is 5.02 Å². The van der Waals surface area contributed by atoms with E-state index < -0.39 is 5.92 Å². The summed E-state index contributed by atoms with van der Waals surface area (Å²) >= 11 is 6.13. The van der Waals surface area contributed by atoms with Crippen LogP contribution in [0.4, 0.5) is 0 Å². The number of halogens is 1. The standard InChI is InChI=1S/C19H26ClN3O3/c1-12(24)8-16(11-22-13(2)25)19(26)23-18(15-6-7-21-10-15)14-4-3-5-17(20)9-14/h3-5,9,15-16,18,21H,6-8,10-11H2,1-2H3,(H,22,25)(H,23,26)/t15-,16+,18-/m0/s1. The van der Waals surface area contributed by atoms with Gasteiger partial charge in [0.1, 0.15) is 5.78 Å². The lowest BCUT2D eigenvalue weighted by molar-refractivity contribution is -0.130. The fourth-order valence-corrected chi connectivity index (χ4v) is 3.48. The molecule has 2 rings (SSSR count). The highest BCUT2D eigenvalue weighted by Crippen LogP contribution is 2.29. The van der Waals surface area contributed by atoms with Gasteiger partial charge in [-0.25, -0.2) is 0 Å². The molecule has 1 aromatic carbocycles. The van der Waals surface area contributed by atoms with Gasteiger partial charge in [-0.05, 0) is 43.5 Å². The molecule has 0 aromatic heterocycles. The molecule has 1 aliphatic rings. The minimum atomic E-state index is -0.590. The topological polar surface area (TPSA) is 87.3 Å². The zero-order chi connectivity index (χ0) is 19.1. The quantitative estimate of drug-likeness (QED) is 0.643. The summed E-state index contributed by atoms with van der Waals surface area (Å²) in [5, 5.41) is 9.66. The predicted octanol–water partition coefficient (Wildman–Crippen LogP) is 1.84. The molecule has 1 saturated heterocycles. The van der Waals surface area contributed by atoms with E-state index in [9.17, 15) is 14.4 Å². The van der Waals surface area contributed by atoms with Gasteiger partial charge in [0.2, 0.25) is 11.8 Å². The van der Waals surface area contributed by atoms with Crippen molar-refractivity contribution in [3.63, 3.8) is 0 Å². The lowest BCUT2D eigenvalue weighted by Gasteiger charge is -2.27. The van der Waals surface area contributed by atoms with Crippen LogP contribution in [0, 0.1) is 11.8 Å². The first-order valence-corrected chi connectivity index (χ1v) is 9.25. The molecule has 0 saturated carbocycles. The Labute approximate surface area is 159 Å². The van der Waals surface area contributed by atoms with Crippen LogP contribution in [0.5, 0.6) is 0 Å². The summed E-state index contributed by atoms with van der Waals surface area (Å²) in [6.07, 6.45) is 1.04. The average Bonchev–Trinajstić information content (AvgIpc) is 3.10. The summed E-state index contributed by atoms with van der Waals surface area (Å²) < 4.78 is 0. The van der Waals surface area contributed by atoms with Crippen molar-refractivity contribution in [3.8, 4) is 0 Å². The largest absolute Gasteiger partial charge is 0.356 e. The number of Topliss-reactive ketones (excluding diaryl/α,β-unsaturated/α-hetero) is 1. The van der Waals surface area contributed by atoms with Crippen molar-refractivity contribution >= 4 is 29.2 Å². The van der Waals surface area contributed by atoms with Gasteiger partial charge < -0.3 is 20.7 Å². The van der Waals surface area contributed by atoms with Crippen LogP contribution in [0.15, 0.2) is 24.3 Å². The van der Waals surface area contributed by atoms with Crippen LogP contribution in [0.2, 0.25) is 5.02 Å². The Kier molecular flexibility index (Phi) is 7.60. The molecular formula is C19H26ClN3O3. The smallest absolute Gasteiger partial charge is 0.225 e. The van der Waals surface area contributed by atoms with Crippen molar-refractivity contribution in [2.24, 2.45) is 11.8 Å². The van der Waals surface area contributed by atoms with Crippen LogP contribution < -0.4 is 16.0 Å². The second-order valence-corrected chi connectivity index (χ2v) is 7.27. The van der Waals surface area contributed by atoms with E-state index in [1.807, 2.05) is 18.2 Å². The zero-order valence-electron chi connectivity index (χ0n) is 15.2. The maximum absolute atomic E-state index is 12.8. The summed E-state index contributed by atoms with van der Waals surface area (Å²) in [5.41, 5.74) is 0.945. The van der Waals surface area contributed by atoms with Gasteiger partial charge in [-0.2, -0.15) is 0 Å². The van der Waals surface area contributed by atoms with Crippen LogP contribution in [0.25, 0.3) is 0 Å². The molecule has 0 radical (unpaired) electrons. The highest BCUT2D eigenvalue weighted by molar-refractivity contribution is 6.30. The Bertz CT molecular complexity index is 659. The van der Waals surface area contributed by atoms with Gasteiger partial charge in [0.25, 0.3) is 0 Å². The molecule has 3 N–H and O–H groups in total. The second-order valence-electron chi connectivity index (χ2n) is 6.83. The maximum Gasteiger partial charge on any atom is 0.225 e. The molecule has 26 heavy (non-hydrogen) atoms. The summed E-state index contributed by atoms with van der Waals surface area (Å²) in [4.78, 5) is 35.6. The SMILES string of the molecule is CC(=O)C[C@H](CNC(C)=O)C(=O)N[C@@H](c1cccc(Cl)c1)[C@H]1CCNC1. The van der Waals surface area contributed by atoms with Crippen molar-refractivity contribution in [1.29, 1.82) is 0 Å². The highest BCUT2D eigenvalue weighted by Gasteiger charge is 2.30. The molecule has 0 spiro atoms. The summed E-state index contributed by atoms with van der Waals surface area (Å²) in [7, 11) is 0. The number of rotatable bonds is 8. The molecule has 1 fully saturated rings. The molecule has 2 amide bonds. The normalized spacial score (nSPS) is 18.8. The summed E-state index contributed by atoms with van der Waals surface area (Å²) in [5.74, 6) is -0.885. The third kappa shape index (κ3) is 6.11. The van der Waals surface area contributed by atoms with Gasteiger partial charge in [0, 0.05) is 31.5 Å². The number of hydrogen-bond donors (Lipinski definition) is 3. The maximum atomic E-state index is 12.8. The van der Waals surface area contributed by atoms with E-state index >= 15 is 0 Å². The molecule has 6 nitrogen and oxygen atoms in total. The van der Waals surface area contributed by atoms with E-state index in [1.165, 1.54) is 13.8 Å². The first-order chi connectivity index (χ1) is 12.4. The van der Waals surface area contributed by atoms with Crippen LogP contribution in [0.1, 0.15) is 38.3 Å². The number of nitrogens with one attached hydrogen (secondary N) is 3. The second kappa shape index (κ2) is 9.69. The number of hydrogen-bond acceptors (Lipinski definition) is 4. The lowest BCUT2D eigenvalue weighted by atomic mass is 9.91. The molecule has 1 aromatic rings. The van der Waals surface area contributed by atoms with E-state index in [-0.39, 0.29) is 42.5 Å². The van der Waals surface area contributed by atoms with Crippen LogP contribution in [-0.2, 0) is 14.4 Å². The molecule has 7 heteroatoms. The third-order valence-electron chi connectivity index (χ3n) is 4.58. The number of carbonyl (C=O) groups is 3. The molecule has 142 valence electrons. The van der Waals surface area contributed by atoms with Crippen molar-refractivity contribution in [2.45, 2.75) is 32.7 Å². The number of ketones is 1. The van der Waals surface area contributed by atoms with Crippen molar-refractivity contribution in [2.75, 3.05) is 19.6 Å². The van der Waals surface area contributed by atoms with E-state index in [0.717, 1.165) is 25.1 Å². The van der Waals surface area contributed by atoms with Crippen LogP contribution in [-0.4, -0.2) is 37.2 Å². The Balaban J connectivity index is 2.17. The molecule has 0 unspecified atom stereocenters.